The first-order valence-electron chi connectivity index (χ1n) is 10.5. The number of imidazole rings is 1. The van der Waals surface area contributed by atoms with Gasteiger partial charge in [0.1, 0.15) is 11.8 Å². The number of carbonyl (C=O) groups is 1. The number of hydrogen-bond acceptors (Lipinski definition) is 5. The third-order valence-corrected chi connectivity index (χ3v) is 6.02. The number of hydrogen-bond donors (Lipinski definition) is 1. The highest BCUT2D eigenvalue weighted by Gasteiger charge is 2.21. The first-order chi connectivity index (χ1) is 15.1. The molecule has 4 aromatic rings. The molecule has 0 spiro atoms. The summed E-state index contributed by atoms with van der Waals surface area (Å²) in [7, 11) is 0. The van der Waals surface area contributed by atoms with E-state index >= 15 is 0 Å². The Labute approximate surface area is 179 Å². The highest BCUT2D eigenvalue weighted by molar-refractivity contribution is 6.04. The molecule has 2 aromatic heterocycles. The lowest BCUT2D eigenvalue weighted by Crippen LogP contribution is -2.36. The largest absolute Gasteiger partial charge is 0.478 e. The van der Waals surface area contributed by atoms with E-state index in [0.717, 1.165) is 58.6 Å². The van der Waals surface area contributed by atoms with Crippen molar-refractivity contribution in [3.8, 4) is 5.69 Å². The lowest BCUT2D eigenvalue weighted by molar-refractivity contribution is 0.0699. The lowest BCUT2D eigenvalue weighted by atomic mass is 10.0. The van der Waals surface area contributed by atoms with Gasteiger partial charge < -0.3 is 14.7 Å². The van der Waals surface area contributed by atoms with Crippen LogP contribution in [0.2, 0.25) is 0 Å². The molecule has 31 heavy (non-hydrogen) atoms. The molecular weight excluding hydrogens is 392 g/mol. The first-order valence-corrected chi connectivity index (χ1v) is 10.5. The molecule has 5 rings (SSSR count). The van der Waals surface area contributed by atoms with Gasteiger partial charge in [-0.1, -0.05) is 25.1 Å². The van der Waals surface area contributed by atoms with Gasteiger partial charge in [0.15, 0.2) is 0 Å². The van der Waals surface area contributed by atoms with Crippen molar-refractivity contribution < 1.29 is 14.6 Å². The monoisotopic (exact) mass is 416 g/mol. The van der Waals surface area contributed by atoms with Crippen LogP contribution in [0.25, 0.3) is 27.6 Å². The van der Waals surface area contributed by atoms with E-state index in [0.29, 0.717) is 18.7 Å². The molecule has 0 saturated carbocycles. The average Bonchev–Trinajstić information content (AvgIpc) is 3.22. The van der Waals surface area contributed by atoms with Crippen molar-refractivity contribution in [1.82, 2.24) is 14.5 Å². The number of pyridine rings is 1. The maximum atomic E-state index is 12.1. The highest BCUT2D eigenvalue weighted by atomic mass is 16.5. The van der Waals surface area contributed by atoms with Crippen molar-refractivity contribution in [2.45, 2.75) is 20.3 Å². The quantitative estimate of drug-likeness (QED) is 0.542. The topological polar surface area (TPSA) is 80.5 Å². The Morgan fingerprint density at radius 1 is 1.19 bits per heavy atom. The Bertz CT molecular complexity index is 1310. The van der Waals surface area contributed by atoms with Gasteiger partial charge in [-0.25, -0.2) is 9.78 Å². The van der Waals surface area contributed by atoms with Crippen LogP contribution in [-0.4, -0.2) is 51.9 Å². The van der Waals surface area contributed by atoms with E-state index in [9.17, 15) is 9.90 Å². The van der Waals surface area contributed by atoms with Crippen LogP contribution in [0.15, 0.2) is 42.7 Å². The number of aryl methyl sites for hydroxylation is 1. The standard InChI is InChI=1S/C24H24N4O3/c1-3-19-15(2)23(17-6-4-5-7-20(17)26-19)28-14-25-22-18(24(29)30)12-16(13-21(22)28)27-8-10-31-11-9-27/h4-7,12-14H,3,8-11H2,1-2H3,(H,29,30). The number of carboxylic acids is 1. The van der Waals surface area contributed by atoms with Gasteiger partial charge in [0.05, 0.1) is 35.5 Å². The second kappa shape index (κ2) is 7.67. The van der Waals surface area contributed by atoms with Gasteiger partial charge in [0.2, 0.25) is 0 Å². The number of nitrogens with zero attached hydrogens (tertiary/aromatic N) is 4. The van der Waals surface area contributed by atoms with Crippen LogP contribution >= 0.6 is 0 Å². The van der Waals surface area contributed by atoms with Crippen LogP contribution in [0.3, 0.4) is 0 Å². The highest BCUT2D eigenvalue weighted by Crippen LogP contribution is 2.33. The summed E-state index contributed by atoms with van der Waals surface area (Å²) >= 11 is 0. The fourth-order valence-electron chi connectivity index (χ4n) is 4.44. The third kappa shape index (κ3) is 3.21. The van der Waals surface area contributed by atoms with Crippen molar-refractivity contribution in [1.29, 1.82) is 0 Å². The SMILES string of the molecule is CCc1nc2ccccc2c(-n2cnc3c(C(=O)O)cc(N4CCOCC4)cc32)c1C. The summed E-state index contributed by atoms with van der Waals surface area (Å²) in [4.78, 5) is 23.6. The minimum absolute atomic E-state index is 0.212. The van der Waals surface area contributed by atoms with E-state index in [1.165, 1.54) is 0 Å². The summed E-state index contributed by atoms with van der Waals surface area (Å²) in [5.41, 5.74) is 6.38. The molecule has 0 unspecified atom stereocenters. The minimum Gasteiger partial charge on any atom is -0.478 e. The molecule has 1 aliphatic rings. The van der Waals surface area contributed by atoms with Crippen molar-refractivity contribution in [2.75, 3.05) is 31.2 Å². The molecule has 1 saturated heterocycles. The molecule has 1 aliphatic heterocycles. The molecule has 0 aliphatic carbocycles. The number of aromatic carboxylic acids is 1. The van der Waals surface area contributed by atoms with Crippen LogP contribution in [0, 0.1) is 6.92 Å². The van der Waals surface area contributed by atoms with Gasteiger partial charge in [-0.05, 0) is 37.1 Å². The second-order valence-corrected chi connectivity index (χ2v) is 7.78. The summed E-state index contributed by atoms with van der Waals surface area (Å²) in [6, 6.07) is 11.8. The predicted octanol–water partition coefficient (Wildman–Crippen LogP) is 3.98. The average molecular weight is 416 g/mol. The molecule has 2 aromatic carbocycles. The number of rotatable bonds is 4. The van der Waals surface area contributed by atoms with E-state index in [1.807, 2.05) is 28.8 Å². The summed E-state index contributed by atoms with van der Waals surface area (Å²) in [6.07, 6.45) is 2.55. The van der Waals surface area contributed by atoms with E-state index in [1.54, 1.807) is 12.4 Å². The van der Waals surface area contributed by atoms with Gasteiger partial charge in [-0.15, -0.1) is 0 Å². The number of fused-ring (bicyclic) bond motifs is 2. The Morgan fingerprint density at radius 3 is 2.71 bits per heavy atom. The van der Waals surface area contributed by atoms with Crippen LogP contribution < -0.4 is 4.90 Å². The maximum Gasteiger partial charge on any atom is 0.338 e. The Kier molecular flexibility index (Phi) is 4.82. The summed E-state index contributed by atoms with van der Waals surface area (Å²) in [5.74, 6) is -0.976. The van der Waals surface area contributed by atoms with Crippen molar-refractivity contribution >= 4 is 33.6 Å². The molecule has 0 radical (unpaired) electrons. The molecule has 7 nitrogen and oxygen atoms in total. The third-order valence-electron chi connectivity index (χ3n) is 6.02. The Balaban J connectivity index is 1.81. The molecule has 0 atom stereocenters. The molecule has 158 valence electrons. The smallest absolute Gasteiger partial charge is 0.338 e. The molecule has 0 amide bonds. The fourth-order valence-corrected chi connectivity index (χ4v) is 4.44. The van der Waals surface area contributed by atoms with E-state index in [2.05, 4.69) is 29.8 Å². The molecule has 7 heteroatoms. The van der Waals surface area contributed by atoms with Crippen LogP contribution in [0.5, 0.6) is 0 Å². The van der Waals surface area contributed by atoms with Crippen LogP contribution in [-0.2, 0) is 11.2 Å². The van der Waals surface area contributed by atoms with Gasteiger partial charge in [-0.2, -0.15) is 0 Å². The number of carboxylic acid groups (broad SMARTS) is 1. The number of morpholine rings is 1. The Morgan fingerprint density at radius 2 is 1.97 bits per heavy atom. The Hall–Kier alpha value is -3.45. The van der Waals surface area contributed by atoms with E-state index in [-0.39, 0.29) is 5.56 Å². The predicted molar refractivity (Wildman–Crippen MR) is 120 cm³/mol. The zero-order chi connectivity index (χ0) is 21.5. The van der Waals surface area contributed by atoms with Crippen LogP contribution in [0.4, 0.5) is 5.69 Å². The summed E-state index contributed by atoms with van der Waals surface area (Å²) in [6.45, 7) is 6.90. The minimum atomic E-state index is -0.976. The lowest BCUT2D eigenvalue weighted by Gasteiger charge is -2.29. The van der Waals surface area contributed by atoms with E-state index < -0.39 is 5.97 Å². The van der Waals surface area contributed by atoms with Crippen molar-refractivity contribution in [2.24, 2.45) is 0 Å². The number of ether oxygens (including phenoxy) is 1. The van der Waals surface area contributed by atoms with Gasteiger partial charge >= 0.3 is 5.97 Å². The van der Waals surface area contributed by atoms with Gasteiger partial charge in [0.25, 0.3) is 0 Å². The number of benzene rings is 2. The zero-order valence-corrected chi connectivity index (χ0v) is 17.6. The number of anilines is 1. The van der Waals surface area contributed by atoms with Gasteiger partial charge in [0, 0.05) is 29.9 Å². The summed E-state index contributed by atoms with van der Waals surface area (Å²) in [5, 5.41) is 10.9. The normalized spacial score (nSPS) is 14.5. The number of para-hydroxylation sites is 1. The van der Waals surface area contributed by atoms with Crippen molar-refractivity contribution in [3.05, 3.63) is 59.5 Å². The maximum absolute atomic E-state index is 12.1. The summed E-state index contributed by atoms with van der Waals surface area (Å²) < 4.78 is 7.49. The zero-order valence-electron chi connectivity index (χ0n) is 17.6. The van der Waals surface area contributed by atoms with Crippen molar-refractivity contribution in [3.63, 3.8) is 0 Å². The van der Waals surface area contributed by atoms with E-state index in [4.69, 9.17) is 9.72 Å². The molecule has 1 N–H and O–H groups in total. The molecule has 3 heterocycles. The van der Waals surface area contributed by atoms with Crippen LogP contribution in [0.1, 0.15) is 28.5 Å². The molecule has 1 fully saturated rings. The molecule has 0 bridgehead atoms. The van der Waals surface area contributed by atoms with Gasteiger partial charge in [-0.3, -0.25) is 9.55 Å². The second-order valence-electron chi connectivity index (χ2n) is 7.78. The fraction of sp³-hybridized carbons (Fsp3) is 0.292. The number of aromatic nitrogens is 3. The molecular formula is C24H24N4O3. The first kappa shape index (κ1) is 19.5.